The smallest absolute Gasteiger partial charge is 0.164 e. The molecule has 1 aliphatic carbocycles. The molecule has 0 amide bonds. The summed E-state index contributed by atoms with van der Waals surface area (Å²) in [6.45, 7) is 2.33. The minimum Gasteiger partial charge on any atom is -0.313 e. The molecule has 304 valence electrons. The molecule has 5 nitrogen and oxygen atoms in total. The predicted molar refractivity (Wildman–Crippen MR) is 260 cm³/mol. The van der Waals surface area contributed by atoms with Gasteiger partial charge >= 0.3 is 0 Å². The highest BCUT2D eigenvalue weighted by Crippen LogP contribution is 2.42. The molecule has 0 bridgehead atoms. The van der Waals surface area contributed by atoms with Crippen molar-refractivity contribution in [2.24, 2.45) is 0 Å². The Bertz CT molecular complexity index is 3530. The van der Waals surface area contributed by atoms with Gasteiger partial charge in [-0.2, -0.15) is 0 Å². The Labute approximate surface area is 370 Å². The van der Waals surface area contributed by atoms with E-state index in [-0.39, 0.29) is 5.82 Å². The summed E-state index contributed by atoms with van der Waals surface area (Å²) in [4.78, 5) is 14.7. The summed E-state index contributed by atoms with van der Waals surface area (Å²) in [5, 5.41) is 3.40. The number of benzene rings is 8. The molecule has 0 spiro atoms. The van der Waals surface area contributed by atoms with Gasteiger partial charge in [-0.3, -0.25) is 0 Å². The maximum Gasteiger partial charge on any atom is 0.164 e. The zero-order chi connectivity index (χ0) is 42.7. The zero-order valence-electron chi connectivity index (χ0n) is 35.0. The SMILES string of the molecule is CC1CC=Cc2c1n(-c1ccccc1)c1ccc(-c3ccc(-n4c5ccccc5c5c(-c6cc(F)cc(-c7nc(-c8ccccc8)nc(-c8ccccc8)n7)c6)cccc54)cc3)cc21. The molecule has 0 N–H and O–H groups in total. The van der Waals surface area contributed by atoms with Crippen LogP contribution in [-0.4, -0.2) is 24.1 Å². The summed E-state index contributed by atoms with van der Waals surface area (Å²) in [6, 6.07) is 66.0. The van der Waals surface area contributed by atoms with E-state index in [9.17, 15) is 0 Å². The fourth-order valence-electron chi connectivity index (χ4n) is 9.69. The van der Waals surface area contributed by atoms with Crippen LogP contribution in [0.4, 0.5) is 4.39 Å². The van der Waals surface area contributed by atoms with Gasteiger partial charge in [0.25, 0.3) is 0 Å². The summed E-state index contributed by atoms with van der Waals surface area (Å²) in [6.07, 6.45) is 5.65. The van der Waals surface area contributed by atoms with Gasteiger partial charge in [0.2, 0.25) is 0 Å². The lowest BCUT2D eigenvalue weighted by atomic mass is 9.92. The molecule has 12 rings (SSSR count). The number of hydrogen-bond donors (Lipinski definition) is 0. The summed E-state index contributed by atoms with van der Waals surface area (Å²) in [5.74, 6) is 1.51. The second-order valence-corrected chi connectivity index (χ2v) is 16.6. The molecule has 0 aliphatic heterocycles. The highest BCUT2D eigenvalue weighted by molar-refractivity contribution is 6.16. The predicted octanol–water partition coefficient (Wildman–Crippen LogP) is 14.9. The van der Waals surface area contributed by atoms with E-state index in [1.165, 1.54) is 39.5 Å². The summed E-state index contributed by atoms with van der Waals surface area (Å²) < 4.78 is 20.8. The van der Waals surface area contributed by atoms with Crippen LogP contribution in [0.5, 0.6) is 0 Å². The third-order valence-electron chi connectivity index (χ3n) is 12.6. The summed E-state index contributed by atoms with van der Waals surface area (Å²) >= 11 is 0. The Kier molecular flexibility index (Phi) is 8.97. The topological polar surface area (TPSA) is 48.5 Å². The van der Waals surface area contributed by atoms with Crippen molar-refractivity contribution in [1.29, 1.82) is 0 Å². The number of fused-ring (bicyclic) bond motifs is 6. The molecule has 8 aromatic carbocycles. The maximum absolute atomic E-state index is 16.0. The van der Waals surface area contributed by atoms with E-state index in [1.807, 2.05) is 66.7 Å². The van der Waals surface area contributed by atoms with Crippen molar-refractivity contribution >= 4 is 38.8 Å². The van der Waals surface area contributed by atoms with Crippen molar-refractivity contribution in [3.8, 4) is 67.8 Å². The van der Waals surface area contributed by atoms with Crippen LogP contribution in [0.15, 0.2) is 200 Å². The molecule has 1 unspecified atom stereocenters. The average molecular weight is 826 g/mol. The van der Waals surface area contributed by atoms with Gasteiger partial charge in [0.1, 0.15) is 5.82 Å². The molecule has 3 heterocycles. The Balaban J connectivity index is 0.958. The number of aromatic nitrogens is 5. The van der Waals surface area contributed by atoms with Gasteiger partial charge in [-0.05, 0) is 95.4 Å². The van der Waals surface area contributed by atoms with E-state index in [4.69, 9.17) is 15.0 Å². The van der Waals surface area contributed by atoms with Crippen molar-refractivity contribution in [3.05, 3.63) is 217 Å². The normalized spacial score (nSPS) is 13.5. The maximum atomic E-state index is 16.0. The quantitative estimate of drug-likeness (QED) is 0.161. The number of allylic oxidation sites excluding steroid dienone is 1. The average Bonchev–Trinajstić information content (AvgIpc) is 3.88. The van der Waals surface area contributed by atoms with E-state index in [0.29, 0.717) is 29.0 Å². The van der Waals surface area contributed by atoms with Gasteiger partial charge in [-0.1, -0.05) is 146 Å². The van der Waals surface area contributed by atoms with E-state index < -0.39 is 0 Å². The first kappa shape index (κ1) is 37.5. The third-order valence-corrected chi connectivity index (χ3v) is 12.6. The Morgan fingerprint density at radius 1 is 0.453 bits per heavy atom. The lowest BCUT2D eigenvalue weighted by Gasteiger charge is -2.19. The van der Waals surface area contributed by atoms with Crippen LogP contribution in [0.25, 0.3) is 107 Å². The Hall–Kier alpha value is -8.22. The van der Waals surface area contributed by atoms with Crippen molar-refractivity contribution in [3.63, 3.8) is 0 Å². The minimum atomic E-state index is -0.368. The molecule has 0 fully saturated rings. The number of hydrogen-bond acceptors (Lipinski definition) is 3. The third kappa shape index (κ3) is 6.34. The standard InChI is InChI=1S/C58H40FN5/c1-37-15-13-24-48-50-36-41(29-32-52(50)64(55(37)48)45-20-9-4-10-21-45)38-27-30-46(31-28-38)63-51-25-12-11-22-49(51)54-47(23-14-26-53(54)63)42-33-43(35-44(59)34-42)58-61-56(39-16-5-2-6-17-39)60-57(62-58)40-18-7-3-8-19-40/h2-14,16-37H,15H2,1H3. The monoisotopic (exact) mass is 825 g/mol. The number of para-hydroxylation sites is 2. The summed E-state index contributed by atoms with van der Waals surface area (Å²) in [7, 11) is 0. The largest absolute Gasteiger partial charge is 0.313 e. The van der Waals surface area contributed by atoms with Crippen molar-refractivity contribution in [2.75, 3.05) is 0 Å². The first-order valence-corrected chi connectivity index (χ1v) is 21.8. The zero-order valence-corrected chi connectivity index (χ0v) is 35.0. The van der Waals surface area contributed by atoms with Crippen LogP contribution in [0.1, 0.15) is 30.5 Å². The van der Waals surface area contributed by atoms with Gasteiger partial charge in [0.05, 0.1) is 16.6 Å². The molecule has 0 saturated heterocycles. The minimum absolute atomic E-state index is 0.368. The van der Waals surface area contributed by atoms with Crippen LogP contribution < -0.4 is 0 Å². The van der Waals surface area contributed by atoms with Crippen LogP contribution in [0.3, 0.4) is 0 Å². The highest BCUT2D eigenvalue weighted by Gasteiger charge is 2.24. The first-order chi connectivity index (χ1) is 31.6. The molecular weight excluding hydrogens is 786 g/mol. The molecule has 11 aromatic rings. The van der Waals surface area contributed by atoms with Crippen molar-refractivity contribution in [1.82, 2.24) is 24.1 Å². The second-order valence-electron chi connectivity index (χ2n) is 16.6. The lowest BCUT2D eigenvalue weighted by Crippen LogP contribution is -2.06. The van der Waals surface area contributed by atoms with Crippen LogP contribution in [0, 0.1) is 5.82 Å². The Morgan fingerprint density at radius 2 is 1.03 bits per heavy atom. The van der Waals surface area contributed by atoms with Crippen LogP contribution >= 0.6 is 0 Å². The molecular formula is C58H40FN5. The van der Waals surface area contributed by atoms with E-state index >= 15 is 4.39 Å². The van der Waals surface area contributed by atoms with Gasteiger partial charge in [0, 0.05) is 61.4 Å². The molecule has 64 heavy (non-hydrogen) atoms. The number of rotatable bonds is 7. The molecule has 0 radical (unpaired) electrons. The lowest BCUT2D eigenvalue weighted by molar-refractivity contribution is 0.628. The fraction of sp³-hybridized carbons (Fsp3) is 0.0517. The molecule has 3 aromatic heterocycles. The van der Waals surface area contributed by atoms with E-state index in [1.54, 1.807) is 6.07 Å². The van der Waals surface area contributed by atoms with Gasteiger partial charge in [-0.25, -0.2) is 19.3 Å². The molecule has 1 aliphatic rings. The summed E-state index contributed by atoms with van der Waals surface area (Å²) in [5.41, 5.74) is 14.5. The van der Waals surface area contributed by atoms with Crippen LogP contribution in [-0.2, 0) is 0 Å². The number of halogens is 1. The molecule has 0 saturated carbocycles. The molecule has 6 heteroatoms. The number of nitrogens with zero attached hydrogens (tertiary/aromatic N) is 5. The van der Waals surface area contributed by atoms with Gasteiger partial charge in [0.15, 0.2) is 17.5 Å². The second kappa shape index (κ2) is 15.3. The van der Waals surface area contributed by atoms with Crippen molar-refractivity contribution in [2.45, 2.75) is 19.3 Å². The highest BCUT2D eigenvalue weighted by atomic mass is 19.1. The van der Waals surface area contributed by atoms with E-state index in [0.717, 1.165) is 61.7 Å². The first-order valence-electron chi connectivity index (χ1n) is 21.8. The molecule has 1 atom stereocenters. The Morgan fingerprint density at radius 3 is 1.75 bits per heavy atom. The van der Waals surface area contributed by atoms with Gasteiger partial charge in [-0.15, -0.1) is 0 Å². The van der Waals surface area contributed by atoms with Gasteiger partial charge < -0.3 is 9.13 Å². The van der Waals surface area contributed by atoms with Crippen molar-refractivity contribution < 1.29 is 4.39 Å². The fourth-order valence-corrected chi connectivity index (χ4v) is 9.69. The van der Waals surface area contributed by atoms with Crippen LogP contribution in [0.2, 0.25) is 0 Å². The van der Waals surface area contributed by atoms with E-state index in [2.05, 4.69) is 143 Å².